The molecule has 80 valence electrons. The summed E-state index contributed by atoms with van der Waals surface area (Å²) in [4.78, 5) is 0. The zero-order chi connectivity index (χ0) is 9.99. The molecule has 4 rings (SSSR count). The van der Waals surface area contributed by atoms with Crippen LogP contribution in [0.4, 0.5) is 5.13 Å². The average Bonchev–Trinajstić information content (AvgIpc) is 2.62. The summed E-state index contributed by atoms with van der Waals surface area (Å²) in [6.45, 7) is 0. The smallest absolute Gasteiger partial charge is 0.204 e. The van der Waals surface area contributed by atoms with Gasteiger partial charge < -0.3 is 5.32 Å². The van der Waals surface area contributed by atoms with Crippen LogP contribution in [0.25, 0.3) is 0 Å². The number of rotatable bonds is 2. The SMILES string of the molecule is S=c1[nH]nc(NC2C3C4CCC(C4)C23)s1. The minimum Gasteiger partial charge on any atom is -0.357 e. The first-order chi connectivity index (χ1) is 7.33. The predicted octanol–water partition coefficient (Wildman–Crippen LogP) is 2.66. The summed E-state index contributed by atoms with van der Waals surface area (Å²) in [7, 11) is 0. The van der Waals surface area contributed by atoms with Crippen molar-refractivity contribution >= 4 is 28.7 Å². The summed E-state index contributed by atoms with van der Waals surface area (Å²) in [5.74, 6) is 3.95. The Labute approximate surface area is 97.3 Å². The molecule has 3 nitrogen and oxygen atoms in total. The lowest BCUT2D eigenvalue weighted by molar-refractivity contribution is 0.456. The van der Waals surface area contributed by atoms with Crippen LogP contribution in [-0.2, 0) is 0 Å². The van der Waals surface area contributed by atoms with E-state index in [2.05, 4.69) is 15.5 Å². The van der Waals surface area contributed by atoms with Gasteiger partial charge in [0.05, 0.1) is 0 Å². The quantitative estimate of drug-likeness (QED) is 0.780. The Bertz CT molecular complexity index is 436. The molecule has 3 aliphatic rings. The van der Waals surface area contributed by atoms with Crippen molar-refractivity contribution in [2.24, 2.45) is 23.7 Å². The fraction of sp³-hybridized carbons (Fsp3) is 0.800. The zero-order valence-electron chi connectivity index (χ0n) is 8.27. The van der Waals surface area contributed by atoms with Crippen LogP contribution in [-0.4, -0.2) is 16.2 Å². The van der Waals surface area contributed by atoms with Gasteiger partial charge in [0.15, 0.2) is 3.95 Å². The van der Waals surface area contributed by atoms with Crippen molar-refractivity contribution in [1.29, 1.82) is 0 Å². The van der Waals surface area contributed by atoms with Crippen LogP contribution < -0.4 is 5.32 Å². The Morgan fingerprint density at radius 2 is 2.07 bits per heavy atom. The fourth-order valence-electron chi connectivity index (χ4n) is 3.95. The third-order valence-corrected chi connectivity index (χ3v) is 5.48. The number of aromatic amines is 1. The third kappa shape index (κ3) is 1.16. The first kappa shape index (κ1) is 8.70. The number of nitrogens with zero attached hydrogens (tertiary/aromatic N) is 1. The van der Waals surface area contributed by atoms with E-state index in [0.29, 0.717) is 6.04 Å². The standard InChI is InChI=1S/C10H13N3S2/c14-10-13-12-9(15-10)11-8-6-4-1-2-5(3-4)7(6)8/h4-8H,1-3H2,(H,11,12)(H,13,14). The minimum absolute atomic E-state index is 0.713. The van der Waals surface area contributed by atoms with Crippen molar-refractivity contribution in [3.8, 4) is 0 Å². The van der Waals surface area contributed by atoms with Crippen LogP contribution >= 0.6 is 23.6 Å². The second kappa shape index (κ2) is 2.83. The van der Waals surface area contributed by atoms with Gasteiger partial charge in [0.2, 0.25) is 5.13 Å². The Morgan fingerprint density at radius 1 is 1.33 bits per heavy atom. The first-order valence-corrected chi connectivity index (χ1v) is 6.87. The average molecular weight is 239 g/mol. The maximum absolute atomic E-state index is 5.03. The van der Waals surface area contributed by atoms with Crippen molar-refractivity contribution in [1.82, 2.24) is 10.2 Å². The minimum atomic E-state index is 0.713. The predicted molar refractivity (Wildman–Crippen MR) is 62.5 cm³/mol. The summed E-state index contributed by atoms with van der Waals surface area (Å²) in [6, 6.07) is 0.713. The Kier molecular flexibility index (Phi) is 1.64. The molecule has 4 unspecified atom stereocenters. The van der Waals surface area contributed by atoms with Gasteiger partial charge in [-0.25, -0.2) is 0 Å². The van der Waals surface area contributed by atoms with Crippen LogP contribution in [0.3, 0.4) is 0 Å². The van der Waals surface area contributed by atoms with Gasteiger partial charge in [0, 0.05) is 6.04 Å². The molecular weight excluding hydrogens is 226 g/mol. The van der Waals surface area contributed by atoms with Crippen LogP contribution in [0, 0.1) is 27.6 Å². The van der Waals surface area contributed by atoms with Crippen molar-refractivity contribution in [2.45, 2.75) is 25.3 Å². The maximum Gasteiger partial charge on any atom is 0.204 e. The van der Waals surface area contributed by atoms with Gasteiger partial charge in [-0.2, -0.15) is 0 Å². The van der Waals surface area contributed by atoms with E-state index in [4.69, 9.17) is 12.2 Å². The zero-order valence-corrected chi connectivity index (χ0v) is 9.90. The van der Waals surface area contributed by atoms with E-state index in [-0.39, 0.29) is 0 Å². The molecule has 1 heterocycles. The molecule has 2 N–H and O–H groups in total. The van der Waals surface area contributed by atoms with Gasteiger partial charge in [-0.05, 0) is 55.2 Å². The molecule has 2 bridgehead atoms. The van der Waals surface area contributed by atoms with E-state index in [9.17, 15) is 0 Å². The summed E-state index contributed by atoms with van der Waals surface area (Å²) < 4.78 is 0.770. The molecule has 0 amide bonds. The number of aromatic nitrogens is 2. The summed E-state index contributed by atoms with van der Waals surface area (Å²) in [5, 5.41) is 11.5. The molecule has 0 spiro atoms. The fourth-order valence-corrected chi connectivity index (χ4v) is 4.79. The number of fused-ring (bicyclic) bond motifs is 5. The highest BCUT2D eigenvalue weighted by atomic mass is 32.1. The maximum atomic E-state index is 5.03. The van der Waals surface area contributed by atoms with E-state index in [0.717, 1.165) is 32.8 Å². The van der Waals surface area contributed by atoms with Crippen LogP contribution in [0.2, 0.25) is 0 Å². The lowest BCUT2D eigenvalue weighted by Gasteiger charge is -2.08. The highest BCUT2D eigenvalue weighted by molar-refractivity contribution is 7.73. The lowest BCUT2D eigenvalue weighted by atomic mass is 10.0. The third-order valence-electron chi connectivity index (χ3n) is 4.46. The molecule has 1 aromatic rings. The molecule has 3 saturated carbocycles. The van der Waals surface area contributed by atoms with E-state index in [1.165, 1.54) is 19.3 Å². The van der Waals surface area contributed by atoms with Crippen molar-refractivity contribution < 1.29 is 0 Å². The molecule has 1 aromatic heterocycles. The number of hydrogen-bond acceptors (Lipinski definition) is 4. The molecule has 3 fully saturated rings. The van der Waals surface area contributed by atoms with Gasteiger partial charge in [-0.3, -0.25) is 5.10 Å². The monoisotopic (exact) mass is 239 g/mol. The highest BCUT2D eigenvalue weighted by Gasteiger charge is 2.65. The molecular formula is C10H13N3S2. The lowest BCUT2D eigenvalue weighted by Crippen LogP contribution is -2.12. The molecule has 0 radical (unpaired) electrons. The van der Waals surface area contributed by atoms with E-state index in [1.807, 2.05) is 0 Å². The Hall–Kier alpha value is -0.420. The number of nitrogens with one attached hydrogen (secondary N) is 2. The van der Waals surface area contributed by atoms with Crippen molar-refractivity contribution in [3.63, 3.8) is 0 Å². The molecule has 0 saturated heterocycles. The van der Waals surface area contributed by atoms with Gasteiger partial charge in [-0.15, -0.1) is 5.10 Å². The van der Waals surface area contributed by atoms with Gasteiger partial charge in [0.25, 0.3) is 0 Å². The largest absolute Gasteiger partial charge is 0.357 e. The molecule has 0 aromatic carbocycles. The van der Waals surface area contributed by atoms with E-state index >= 15 is 0 Å². The second-order valence-corrected chi connectivity index (χ2v) is 6.74. The Morgan fingerprint density at radius 3 is 2.67 bits per heavy atom. The van der Waals surface area contributed by atoms with Gasteiger partial charge in [-0.1, -0.05) is 11.3 Å². The van der Waals surface area contributed by atoms with E-state index in [1.54, 1.807) is 11.3 Å². The van der Waals surface area contributed by atoms with Crippen molar-refractivity contribution in [2.75, 3.05) is 5.32 Å². The molecule has 15 heavy (non-hydrogen) atoms. The van der Waals surface area contributed by atoms with E-state index < -0.39 is 0 Å². The molecule has 5 heteroatoms. The number of hydrogen-bond donors (Lipinski definition) is 2. The summed E-state index contributed by atoms with van der Waals surface area (Å²) in [5.41, 5.74) is 0. The number of anilines is 1. The van der Waals surface area contributed by atoms with Gasteiger partial charge >= 0.3 is 0 Å². The van der Waals surface area contributed by atoms with Crippen LogP contribution in [0.15, 0.2) is 0 Å². The molecule has 4 atom stereocenters. The number of H-pyrrole nitrogens is 1. The normalized spacial score (nSPS) is 45.5. The van der Waals surface area contributed by atoms with Gasteiger partial charge in [0.1, 0.15) is 0 Å². The first-order valence-electron chi connectivity index (χ1n) is 5.65. The summed E-state index contributed by atoms with van der Waals surface area (Å²) >= 11 is 6.58. The topological polar surface area (TPSA) is 40.7 Å². The second-order valence-electron chi connectivity index (χ2n) is 5.08. The van der Waals surface area contributed by atoms with Crippen LogP contribution in [0.5, 0.6) is 0 Å². The highest BCUT2D eigenvalue weighted by Crippen LogP contribution is 2.66. The van der Waals surface area contributed by atoms with Crippen LogP contribution in [0.1, 0.15) is 19.3 Å². The molecule has 0 aliphatic heterocycles. The summed E-state index contributed by atoms with van der Waals surface area (Å²) in [6.07, 6.45) is 4.45. The Balaban J connectivity index is 1.52. The molecule has 3 aliphatic carbocycles. The van der Waals surface area contributed by atoms with Crippen molar-refractivity contribution in [3.05, 3.63) is 3.95 Å².